The molecule has 0 heterocycles. The summed E-state index contributed by atoms with van der Waals surface area (Å²) in [6.45, 7) is 2.33. The number of hydroxylamine groups is 1. The average molecular weight is 405 g/mol. The zero-order valence-electron chi connectivity index (χ0n) is 16.6. The summed E-state index contributed by atoms with van der Waals surface area (Å²) in [4.78, 5) is 16.3. The quantitative estimate of drug-likeness (QED) is 0.364. The van der Waals surface area contributed by atoms with Crippen LogP contribution in [-0.2, 0) is 16.1 Å². The van der Waals surface area contributed by atoms with Crippen molar-refractivity contribution in [2.24, 2.45) is 0 Å². The van der Waals surface area contributed by atoms with Gasteiger partial charge in [0.05, 0.1) is 13.0 Å². The van der Waals surface area contributed by atoms with Crippen LogP contribution in [0, 0.1) is 0 Å². The predicted octanol–water partition coefficient (Wildman–Crippen LogP) is 5.02. The van der Waals surface area contributed by atoms with Crippen LogP contribution in [-0.4, -0.2) is 17.7 Å². The Morgan fingerprint density at radius 1 is 0.933 bits per heavy atom. The molecular weight excluding hydrogens is 382 g/mol. The first-order chi connectivity index (χ1) is 14.6. The molecule has 0 atom stereocenters. The maximum Gasteiger partial charge on any atom is 0.307 e. The van der Waals surface area contributed by atoms with Gasteiger partial charge < -0.3 is 14.6 Å². The van der Waals surface area contributed by atoms with E-state index in [0.29, 0.717) is 29.4 Å². The van der Waals surface area contributed by atoms with Crippen LogP contribution >= 0.6 is 0 Å². The Labute approximate surface area is 175 Å². The molecule has 6 nitrogen and oxygen atoms in total. The summed E-state index contributed by atoms with van der Waals surface area (Å²) < 4.78 is 11.7. The van der Waals surface area contributed by atoms with Crippen LogP contribution in [0.3, 0.4) is 0 Å². The third-order valence-corrected chi connectivity index (χ3v) is 4.02. The molecule has 0 amide bonds. The highest BCUT2D eigenvalue weighted by molar-refractivity contribution is 5.70. The second kappa shape index (κ2) is 10.7. The summed E-state index contributed by atoms with van der Waals surface area (Å²) in [6.07, 6.45) is 1.46. The zero-order chi connectivity index (χ0) is 21.2. The lowest BCUT2D eigenvalue weighted by Crippen LogP contribution is -2.13. The minimum Gasteiger partial charge on any atom is -0.481 e. The summed E-state index contributed by atoms with van der Waals surface area (Å²) in [5, 5.41) is 8.96. The van der Waals surface area contributed by atoms with Crippen molar-refractivity contribution in [2.75, 3.05) is 6.61 Å². The molecule has 0 aliphatic carbocycles. The van der Waals surface area contributed by atoms with Crippen LogP contribution in [0.4, 0.5) is 0 Å². The highest BCUT2D eigenvalue weighted by Crippen LogP contribution is 2.25. The molecule has 6 heteroatoms. The molecule has 3 aromatic rings. The molecule has 0 bridgehead atoms. The van der Waals surface area contributed by atoms with E-state index >= 15 is 0 Å². The van der Waals surface area contributed by atoms with E-state index in [1.807, 2.05) is 61.5 Å². The number of hydrogen-bond acceptors (Lipinski definition) is 5. The van der Waals surface area contributed by atoms with Crippen molar-refractivity contribution < 1.29 is 24.2 Å². The van der Waals surface area contributed by atoms with Crippen LogP contribution in [0.5, 0.6) is 17.2 Å². The Balaban J connectivity index is 1.80. The molecule has 0 radical (unpaired) electrons. The lowest BCUT2D eigenvalue weighted by atomic mass is 10.1. The number of carbonyl (C=O) groups is 1. The highest BCUT2D eigenvalue weighted by Gasteiger charge is 2.07. The summed E-state index contributed by atoms with van der Waals surface area (Å²) in [5.41, 5.74) is 4.94. The first-order valence-corrected chi connectivity index (χ1v) is 9.52. The van der Waals surface area contributed by atoms with Gasteiger partial charge in [0.15, 0.2) is 0 Å². The van der Waals surface area contributed by atoms with Crippen molar-refractivity contribution in [1.82, 2.24) is 5.48 Å². The van der Waals surface area contributed by atoms with Crippen LogP contribution in [0.25, 0.3) is 5.70 Å². The number of benzene rings is 3. The van der Waals surface area contributed by atoms with Crippen LogP contribution in [0.2, 0.25) is 0 Å². The molecular formula is C24H23NO5. The maximum absolute atomic E-state index is 10.9. The van der Waals surface area contributed by atoms with Gasteiger partial charge in [-0.1, -0.05) is 42.5 Å². The van der Waals surface area contributed by atoms with Gasteiger partial charge in [-0.3, -0.25) is 15.1 Å². The second-order valence-corrected chi connectivity index (χ2v) is 6.35. The molecule has 0 fully saturated rings. The van der Waals surface area contributed by atoms with Crippen LogP contribution in [0.1, 0.15) is 18.1 Å². The van der Waals surface area contributed by atoms with Crippen molar-refractivity contribution in [3.63, 3.8) is 0 Å². The normalized spacial score (nSPS) is 11.0. The first-order valence-electron chi connectivity index (χ1n) is 9.52. The maximum atomic E-state index is 10.9. The van der Waals surface area contributed by atoms with Crippen LogP contribution < -0.4 is 15.0 Å². The first kappa shape index (κ1) is 21.0. The van der Waals surface area contributed by atoms with Crippen molar-refractivity contribution in [2.45, 2.75) is 13.3 Å². The molecule has 0 aliphatic rings. The number of nitrogens with one attached hydrogen (secondary N) is 1. The van der Waals surface area contributed by atoms with Gasteiger partial charge in [0.1, 0.15) is 29.2 Å². The lowest BCUT2D eigenvalue weighted by molar-refractivity contribution is -0.136. The fourth-order valence-corrected chi connectivity index (χ4v) is 2.68. The van der Waals surface area contributed by atoms with Crippen molar-refractivity contribution in [1.29, 1.82) is 0 Å². The summed E-state index contributed by atoms with van der Waals surface area (Å²) in [6, 6.07) is 24.0. The number of aliphatic carboxylic acids is 1. The van der Waals surface area contributed by atoms with Gasteiger partial charge in [-0.2, -0.15) is 0 Å². The summed E-state index contributed by atoms with van der Waals surface area (Å²) in [7, 11) is 0. The van der Waals surface area contributed by atoms with E-state index in [2.05, 4.69) is 5.48 Å². The Hall–Kier alpha value is -3.77. The fraction of sp³-hybridized carbons (Fsp3) is 0.125. The number of rotatable bonds is 10. The van der Waals surface area contributed by atoms with Gasteiger partial charge in [-0.05, 0) is 48.9 Å². The van der Waals surface area contributed by atoms with Crippen molar-refractivity contribution in [3.8, 4) is 17.2 Å². The van der Waals surface area contributed by atoms with Gasteiger partial charge >= 0.3 is 5.97 Å². The summed E-state index contributed by atoms with van der Waals surface area (Å²) >= 11 is 0. The Bertz CT molecular complexity index is 1000. The van der Waals surface area contributed by atoms with E-state index < -0.39 is 5.97 Å². The predicted molar refractivity (Wildman–Crippen MR) is 114 cm³/mol. The minimum absolute atomic E-state index is 0.0656. The molecule has 0 saturated heterocycles. The molecule has 0 saturated carbocycles. The van der Waals surface area contributed by atoms with Gasteiger partial charge in [-0.15, -0.1) is 0 Å². The smallest absolute Gasteiger partial charge is 0.307 e. The monoisotopic (exact) mass is 405 g/mol. The number of hydrogen-bond donors (Lipinski definition) is 2. The molecule has 154 valence electrons. The molecule has 0 unspecified atom stereocenters. The van der Waals surface area contributed by atoms with Gasteiger partial charge in [0.25, 0.3) is 0 Å². The molecule has 2 N–H and O–H groups in total. The van der Waals surface area contributed by atoms with Crippen LogP contribution in [0.15, 0.2) is 85.1 Å². The Kier molecular flexibility index (Phi) is 7.46. The third kappa shape index (κ3) is 6.39. The van der Waals surface area contributed by atoms with E-state index in [1.165, 1.54) is 6.26 Å². The number of carboxylic acid groups (broad SMARTS) is 1. The minimum atomic E-state index is -0.892. The molecule has 3 aromatic carbocycles. The Morgan fingerprint density at radius 2 is 1.67 bits per heavy atom. The lowest BCUT2D eigenvalue weighted by Gasteiger charge is -2.13. The van der Waals surface area contributed by atoms with Gasteiger partial charge in [0, 0.05) is 5.56 Å². The van der Waals surface area contributed by atoms with E-state index in [4.69, 9.17) is 19.4 Å². The van der Waals surface area contributed by atoms with Crippen molar-refractivity contribution in [3.05, 3.63) is 96.3 Å². The second-order valence-electron chi connectivity index (χ2n) is 6.35. The molecule has 0 spiro atoms. The summed E-state index contributed by atoms with van der Waals surface area (Å²) in [5.74, 6) is 1.05. The molecule has 30 heavy (non-hydrogen) atoms. The molecule has 0 aromatic heterocycles. The number of carboxylic acids is 1. The Morgan fingerprint density at radius 3 is 2.43 bits per heavy atom. The average Bonchev–Trinajstić information content (AvgIpc) is 2.74. The number of para-hydroxylation sites is 1. The van der Waals surface area contributed by atoms with E-state index in [0.717, 1.165) is 11.3 Å². The third-order valence-electron chi connectivity index (χ3n) is 4.02. The van der Waals surface area contributed by atoms with E-state index in [9.17, 15) is 4.79 Å². The SMILES string of the molecule is CCONC(=COc1cccc(CC(=O)O)c1)c1cccc(Oc2ccccc2)c1. The standard InChI is InChI=1S/C24H23NO5/c1-2-29-25-23(17-28-21-12-6-8-18(14-21)15-24(26)27)19-9-7-13-22(16-19)30-20-10-4-3-5-11-20/h3-14,16-17,25H,2,15H2,1H3,(H,26,27). The zero-order valence-corrected chi connectivity index (χ0v) is 16.6. The molecule has 0 aliphatic heterocycles. The van der Waals surface area contributed by atoms with E-state index in [1.54, 1.807) is 24.3 Å². The van der Waals surface area contributed by atoms with E-state index in [-0.39, 0.29) is 6.42 Å². The van der Waals surface area contributed by atoms with Crippen molar-refractivity contribution >= 4 is 11.7 Å². The topological polar surface area (TPSA) is 77.0 Å². The molecule has 3 rings (SSSR count). The highest BCUT2D eigenvalue weighted by atomic mass is 16.6. The van der Waals surface area contributed by atoms with Gasteiger partial charge in [-0.25, -0.2) is 0 Å². The number of ether oxygens (including phenoxy) is 2. The van der Waals surface area contributed by atoms with Gasteiger partial charge in [0.2, 0.25) is 0 Å². The largest absolute Gasteiger partial charge is 0.481 e. The fourth-order valence-electron chi connectivity index (χ4n) is 2.68.